The lowest BCUT2D eigenvalue weighted by molar-refractivity contribution is -0.432. The largest absolute Gasteiger partial charge is 0.505 e. The molecular formula is C16H13N3O7S2. The fourth-order valence-electron chi connectivity index (χ4n) is 2.45. The molecule has 0 unspecified atom stereocenters. The molecule has 0 saturated carbocycles. The highest BCUT2D eigenvalue weighted by Crippen LogP contribution is 2.46. The van der Waals surface area contributed by atoms with E-state index in [9.17, 15) is 18.1 Å². The molecule has 12 heteroatoms. The zero-order chi connectivity index (χ0) is 20.3. The highest BCUT2D eigenvalue weighted by Gasteiger charge is 2.20. The zero-order valence-corrected chi connectivity index (χ0v) is 15.5. The summed E-state index contributed by atoms with van der Waals surface area (Å²) in [5, 5.41) is 30.9. The van der Waals surface area contributed by atoms with Crippen LogP contribution in [0.25, 0.3) is 10.8 Å². The molecule has 3 aromatic carbocycles. The van der Waals surface area contributed by atoms with Crippen LogP contribution in [0.5, 0.6) is 5.75 Å². The molecule has 0 fully saturated rings. The molecule has 5 N–H and O–H groups in total. The number of aromatic hydroxyl groups is 1. The molecule has 0 aliphatic rings. The van der Waals surface area contributed by atoms with Crippen LogP contribution in [0.3, 0.4) is 0 Å². The van der Waals surface area contributed by atoms with Crippen molar-refractivity contribution in [3.8, 4) is 5.75 Å². The summed E-state index contributed by atoms with van der Waals surface area (Å²) >= 11 is 0.492. The molecule has 0 saturated heterocycles. The number of hydrogen-bond acceptors (Lipinski definition) is 10. The minimum absolute atomic E-state index is 0.0512. The number of phenols is 1. The zero-order valence-electron chi connectivity index (χ0n) is 13.9. The number of hydrogen-bond donors (Lipinski definition) is 4. The first-order valence-electron chi connectivity index (χ1n) is 7.49. The van der Waals surface area contributed by atoms with Crippen LogP contribution in [0.4, 0.5) is 17.1 Å². The summed E-state index contributed by atoms with van der Waals surface area (Å²) in [5.41, 5.74) is 6.22. The summed E-state index contributed by atoms with van der Waals surface area (Å²) in [6.45, 7) is 0. The van der Waals surface area contributed by atoms with Gasteiger partial charge in [-0.25, -0.2) is 5.26 Å². The van der Waals surface area contributed by atoms with E-state index >= 15 is 0 Å². The maximum absolute atomic E-state index is 11.4. The van der Waals surface area contributed by atoms with E-state index in [1.165, 1.54) is 6.07 Å². The number of nitrogens with two attached hydrogens (primary N) is 1. The van der Waals surface area contributed by atoms with E-state index in [1.807, 2.05) is 0 Å². The van der Waals surface area contributed by atoms with Gasteiger partial charge in [-0.1, -0.05) is 23.2 Å². The van der Waals surface area contributed by atoms with Crippen molar-refractivity contribution in [2.75, 3.05) is 5.73 Å². The molecule has 0 heterocycles. The van der Waals surface area contributed by atoms with Gasteiger partial charge in [0.1, 0.15) is 5.69 Å². The number of nitrogens with zero attached hydrogens (tertiary/aromatic N) is 2. The summed E-state index contributed by atoms with van der Waals surface area (Å²) < 4.78 is 36.5. The Morgan fingerprint density at radius 3 is 2.43 bits per heavy atom. The van der Waals surface area contributed by atoms with Crippen molar-refractivity contribution >= 4 is 50.0 Å². The van der Waals surface area contributed by atoms with Gasteiger partial charge in [0.05, 0.1) is 27.5 Å². The fourth-order valence-corrected chi connectivity index (χ4v) is 3.50. The van der Waals surface area contributed by atoms with E-state index in [0.717, 1.165) is 12.1 Å². The van der Waals surface area contributed by atoms with Crippen molar-refractivity contribution < 1.29 is 32.7 Å². The maximum Gasteiger partial charge on any atom is 0.294 e. The quantitative estimate of drug-likeness (QED) is 0.113. The summed E-state index contributed by atoms with van der Waals surface area (Å²) in [4.78, 5) is -0.323. The number of benzene rings is 3. The van der Waals surface area contributed by atoms with Gasteiger partial charge in [0.2, 0.25) is 0 Å². The third-order valence-corrected chi connectivity index (χ3v) is 5.08. The highest BCUT2D eigenvalue weighted by atomic mass is 32.2. The molecule has 146 valence electrons. The number of rotatable bonds is 6. The normalized spacial score (nSPS) is 12.1. The van der Waals surface area contributed by atoms with Crippen molar-refractivity contribution in [1.29, 1.82) is 0 Å². The van der Waals surface area contributed by atoms with Gasteiger partial charge in [0, 0.05) is 11.1 Å². The molecule has 3 rings (SSSR count). The Kier molecular flexibility index (Phi) is 5.79. The second-order valence-electron chi connectivity index (χ2n) is 5.42. The van der Waals surface area contributed by atoms with Crippen molar-refractivity contribution in [3.05, 3.63) is 48.5 Å². The number of fused-ring (bicyclic) bond motifs is 1. The standard InChI is InChI=1S/C16H13N3O7S2/c17-12-8-11(28(22,23)24)6-9-7-13(27-26-25-21)15(16(20)14(9)12)19-18-10-4-2-1-3-5-10/h1-8,20-21H,17H2,(H,22,23,24). The molecule has 0 spiro atoms. The van der Waals surface area contributed by atoms with E-state index in [-0.39, 0.29) is 27.0 Å². The number of phenolic OH excluding ortho intramolecular Hbond substituents is 1. The van der Waals surface area contributed by atoms with Crippen LogP contribution in [0.2, 0.25) is 0 Å². The SMILES string of the molecule is Nc1cc(S(=O)(=O)O)cc2cc(SOOO)c(N=Nc3ccccc3)c(O)c12. The van der Waals surface area contributed by atoms with Crippen molar-refractivity contribution in [1.82, 2.24) is 0 Å². The molecule has 0 amide bonds. The summed E-state index contributed by atoms with van der Waals surface area (Å²) in [6, 6.07) is 12.2. The maximum atomic E-state index is 11.4. The van der Waals surface area contributed by atoms with Crippen LogP contribution in [0, 0.1) is 0 Å². The van der Waals surface area contributed by atoms with E-state index in [0.29, 0.717) is 17.7 Å². The average Bonchev–Trinajstić information content (AvgIpc) is 2.65. The molecule has 0 aromatic heterocycles. The van der Waals surface area contributed by atoms with Crippen LogP contribution in [0.1, 0.15) is 0 Å². The van der Waals surface area contributed by atoms with Crippen molar-refractivity contribution in [2.24, 2.45) is 10.2 Å². The minimum Gasteiger partial charge on any atom is -0.505 e. The predicted molar refractivity (Wildman–Crippen MR) is 101 cm³/mol. The third-order valence-electron chi connectivity index (χ3n) is 3.63. The summed E-state index contributed by atoms with van der Waals surface area (Å²) in [7, 11) is -4.52. The summed E-state index contributed by atoms with van der Waals surface area (Å²) in [5.74, 6) is -0.402. The Morgan fingerprint density at radius 2 is 1.79 bits per heavy atom. The van der Waals surface area contributed by atoms with E-state index in [4.69, 9.17) is 11.0 Å². The average molecular weight is 423 g/mol. The van der Waals surface area contributed by atoms with Crippen LogP contribution < -0.4 is 5.73 Å². The van der Waals surface area contributed by atoms with Gasteiger partial charge in [-0.2, -0.15) is 13.5 Å². The Balaban J connectivity index is 2.22. The second kappa shape index (κ2) is 8.10. The van der Waals surface area contributed by atoms with E-state index in [2.05, 4.69) is 19.6 Å². The van der Waals surface area contributed by atoms with Crippen LogP contribution in [0.15, 0.2) is 68.6 Å². The molecule has 0 bridgehead atoms. The van der Waals surface area contributed by atoms with E-state index < -0.39 is 20.8 Å². The lowest BCUT2D eigenvalue weighted by atomic mass is 10.1. The van der Waals surface area contributed by atoms with E-state index in [1.54, 1.807) is 30.3 Å². The number of azo groups is 1. The Labute approximate surface area is 163 Å². The van der Waals surface area contributed by atoms with Crippen LogP contribution in [-0.4, -0.2) is 23.3 Å². The first-order chi connectivity index (χ1) is 13.3. The monoisotopic (exact) mass is 423 g/mol. The van der Waals surface area contributed by atoms with Crippen molar-refractivity contribution in [2.45, 2.75) is 9.79 Å². The van der Waals surface area contributed by atoms with Gasteiger partial charge in [0.15, 0.2) is 5.75 Å². The second-order valence-corrected chi connectivity index (χ2v) is 7.58. The van der Waals surface area contributed by atoms with Crippen LogP contribution in [-0.2, 0) is 19.5 Å². The molecule has 0 aliphatic carbocycles. The number of nitrogen functional groups attached to an aromatic ring is 1. The molecule has 10 nitrogen and oxygen atoms in total. The van der Waals surface area contributed by atoms with Gasteiger partial charge >= 0.3 is 0 Å². The molecule has 3 aromatic rings. The predicted octanol–water partition coefficient (Wildman–Crippen LogP) is 4.22. The first-order valence-corrected chi connectivity index (χ1v) is 9.67. The van der Waals surface area contributed by atoms with Gasteiger partial charge in [-0.15, -0.1) is 9.45 Å². The Bertz CT molecular complexity index is 1150. The minimum atomic E-state index is -4.52. The molecular weight excluding hydrogens is 410 g/mol. The van der Waals surface area contributed by atoms with Gasteiger partial charge < -0.3 is 10.8 Å². The summed E-state index contributed by atoms with van der Waals surface area (Å²) in [6.07, 6.45) is 0. The molecule has 28 heavy (non-hydrogen) atoms. The lowest BCUT2D eigenvalue weighted by Crippen LogP contribution is -2.00. The molecule has 0 aliphatic heterocycles. The van der Waals surface area contributed by atoms with Crippen LogP contribution >= 0.6 is 12.0 Å². The van der Waals surface area contributed by atoms with Gasteiger partial charge in [-0.3, -0.25) is 4.55 Å². The topological polar surface area (TPSA) is 164 Å². The molecule has 0 radical (unpaired) electrons. The highest BCUT2D eigenvalue weighted by molar-refractivity contribution is 7.94. The first kappa shape index (κ1) is 20.0. The fraction of sp³-hybridized carbons (Fsp3) is 0. The lowest BCUT2D eigenvalue weighted by Gasteiger charge is -2.12. The Hall–Kier alpha value is -2.74. The number of anilines is 1. The third kappa shape index (κ3) is 4.22. The van der Waals surface area contributed by atoms with Gasteiger partial charge in [0.25, 0.3) is 10.1 Å². The van der Waals surface area contributed by atoms with Gasteiger partial charge in [-0.05, 0) is 35.7 Å². The van der Waals surface area contributed by atoms with Crippen molar-refractivity contribution in [3.63, 3.8) is 0 Å². The Morgan fingerprint density at radius 1 is 1.07 bits per heavy atom. The molecule has 0 atom stereocenters. The smallest absolute Gasteiger partial charge is 0.294 e.